The van der Waals surface area contributed by atoms with E-state index in [1.54, 1.807) is 30.5 Å². The van der Waals surface area contributed by atoms with Crippen LogP contribution in [0.15, 0.2) is 39.9 Å². The van der Waals surface area contributed by atoms with Crippen LogP contribution in [0.5, 0.6) is 0 Å². The Balaban J connectivity index is 2.36. The topological polar surface area (TPSA) is 63.4 Å². The lowest BCUT2D eigenvalue weighted by Crippen LogP contribution is -2.27. The van der Waals surface area contributed by atoms with Crippen LogP contribution >= 0.6 is 11.3 Å². The zero-order valence-electron chi connectivity index (χ0n) is 11.5. The van der Waals surface area contributed by atoms with Gasteiger partial charge in [-0.15, -0.1) is 0 Å². The molecule has 0 amide bonds. The second kappa shape index (κ2) is 5.95. The standard InChI is InChI=1S/C14H18N2O2S2/c1-3-12-4-5-13(15)8-14(12)20(17,18)16(2)9-11-6-7-19-10-11/h4-8,10H,3,9,15H2,1-2H3. The summed E-state index contributed by atoms with van der Waals surface area (Å²) < 4.78 is 26.7. The molecule has 2 aromatic rings. The molecular weight excluding hydrogens is 292 g/mol. The Kier molecular flexibility index (Phi) is 4.47. The first-order chi connectivity index (χ1) is 9.45. The van der Waals surface area contributed by atoms with Crippen molar-refractivity contribution < 1.29 is 8.42 Å². The molecule has 0 atom stereocenters. The number of sulfonamides is 1. The smallest absolute Gasteiger partial charge is 0.243 e. The summed E-state index contributed by atoms with van der Waals surface area (Å²) in [4.78, 5) is 0.303. The molecule has 108 valence electrons. The molecule has 0 saturated carbocycles. The molecule has 6 heteroatoms. The maximum Gasteiger partial charge on any atom is 0.243 e. The number of nitrogens with zero attached hydrogens (tertiary/aromatic N) is 1. The molecule has 1 heterocycles. The van der Waals surface area contributed by atoms with Gasteiger partial charge >= 0.3 is 0 Å². The van der Waals surface area contributed by atoms with Gasteiger partial charge < -0.3 is 5.73 Å². The van der Waals surface area contributed by atoms with Gasteiger partial charge in [-0.3, -0.25) is 0 Å². The Labute approximate surface area is 123 Å². The van der Waals surface area contributed by atoms with E-state index >= 15 is 0 Å². The average Bonchev–Trinajstić information content (AvgIpc) is 2.91. The first-order valence-corrected chi connectivity index (χ1v) is 8.69. The number of rotatable bonds is 5. The summed E-state index contributed by atoms with van der Waals surface area (Å²) in [5.41, 5.74) is 7.97. The molecule has 1 aromatic heterocycles. The highest BCUT2D eigenvalue weighted by Gasteiger charge is 2.23. The van der Waals surface area contributed by atoms with Crippen LogP contribution in [-0.4, -0.2) is 19.8 Å². The van der Waals surface area contributed by atoms with Crippen molar-refractivity contribution in [3.8, 4) is 0 Å². The van der Waals surface area contributed by atoms with Gasteiger partial charge in [0.15, 0.2) is 0 Å². The fourth-order valence-electron chi connectivity index (χ4n) is 2.00. The normalized spacial score (nSPS) is 11.9. The fourth-order valence-corrected chi connectivity index (χ4v) is 4.14. The summed E-state index contributed by atoms with van der Waals surface area (Å²) in [6.45, 7) is 2.30. The minimum atomic E-state index is -3.52. The predicted octanol–water partition coefficient (Wildman–Crippen LogP) is 2.71. The van der Waals surface area contributed by atoms with E-state index in [0.717, 1.165) is 11.1 Å². The van der Waals surface area contributed by atoms with Crippen LogP contribution in [0, 0.1) is 0 Å². The summed E-state index contributed by atoms with van der Waals surface area (Å²) in [6, 6.07) is 6.98. The van der Waals surface area contributed by atoms with Crippen molar-refractivity contribution in [3.05, 3.63) is 46.2 Å². The minimum absolute atomic E-state index is 0.303. The molecule has 0 aliphatic heterocycles. The third-order valence-electron chi connectivity index (χ3n) is 3.15. The number of hydrogen-bond acceptors (Lipinski definition) is 4. The summed E-state index contributed by atoms with van der Waals surface area (Å²) in [7, 11) is -1.93. The fraction of sp³-hybridized carbons (Fsp3) is 0.286. The summed E-state index contributed by atoms with van der Waals surface area (Å²) in [5.74, 6) is 0. The Bertz CT molecular complexity index is 679. The van der Waals surface area contributed by atoms with Gasteiger partial charge in [0.25, 0.3) is 0 Å². The van der Waals surface area contributed by atoms with E-state index in [9.17, 15) is 8.42 Å². The number of anilines is 1. The van der Waals surface area contributed by atoms with Crippen LogP contribution in [0.25, 0.3) is 0 Å². The van der Waals surface area contributed by atoms with Crippen LogP contribution in [0.1, 0.15) is 18.1 Å². The molecule has 2 N–H and O–H groups in total. The Morgan fingerprint density at radius 1 is 1.30 bits per heavy atom. The van der Waals surface area contributed by atoms with Gasteiger partial charge in [0, 0.05) is 19.3 Å². The molecule has 0 aliphatic carbocycles. The molecule has 0 unspecified atom stereocenters. The van der Waals surface area contributed by atoms with Gasteiger partial charge in [-0.1, -0.05) is 13.0 Å². The van der Waals surface area contributed by atoms with Gasteiger partial charge in [-0.05, 0) is 46.5 Å². The first kappa shape index (κ1) is 15.0. The Morgan fingerprint density at radius 3 is 2.65 bits per heavy atom. The maximum absolute atomic E-state index is 12.7. The van der Waals surface area contributed by atoms with Crippen molar-refractivity contribution in [1.82, 2.24) is 4.31 Å². The van der Waals surface area contributed by atoms with E-state index < -0.39 is 10.0 Å². The van der Waals surface area contributed by atoms with Crippen LogP contribution in [0.4, 0.5) is 5.69 Å². The SMILES string of the molecule is CCc1ccc(N)cc1S(=O)(=O)N(C)Cc1ccsc1. The second-order valence-corrected chi connectivity index (χ2v) is 7.41. The second-order valence-electron chi connectivity index (χ2n) is 4.61. The number of benzene rings is 1. The summed E-state index contributed by atoms with van der Waals surface area (Å²) in [5, 5.41) is 3.89. The first-order valence-electron chi connectivity index (χ1n) is 6.31. The van der Waals surface area contributed by atoms with E-state index in [1.165, 1.54) is 10.4 Å². The van der Waals surface area contributed by atoms with Gasteiger partial charge in [0.05, 0.1) is 4.90 Å². The van der Waals surface area contributed by atoms with Crippen molar-refractivity contribution >= 4 is 27.0 Å². The molecule has 0 bridgehead atoms. The van der Waals surface area contributed by atoms with E-state index in [4.69, 9.17) is 5.73 Å². The minimum Gasteiger partial charge on any atom is -0.399 e. The van der Waals surface area contributed by atoms with E-state index in [2.05, 4.69) is 0 Å². The molecular formula is C14H18N2O2S2. The monoisotopic (exact) mass is 310 g/mol. The third-order valence-corrected chi connectivity index (χ3v) is 5.76. The van der Waals surface area contributed by atoms with Crippen LogP contribution in [0.2, 0.25) is 0 Å². The van der Waals surface area contributed by atoms with E-state index in [0.29, 0.717) is 23.5 Å². The molecule has 0 fully saturated rings. The summed E-state index contributed by atoms with van der Waals surface area (Å²) >= 11 is 1.56. The quantitative estimate of drug-likeness (QED) is 0.864. The number of thiophene rings is 1. The van der Waals surface area contributed by atoms with Gasteiger partial charge in [-0.25, -0.2) is 8.42 Å². The zero-order valence-corrected chi connectivity index (χ0v) is 13.2. The lowest BCUT2D eigenvalue weighted by molar-refractivity contribution is 0.466. The number of nitrogen functional groups attached to an aromatic ring is 1. The van der Waals surface area contributed by atoms with Gasteiger partial charge in [0.1, 0.15) is 0 Å². The lowest BCUT2D eigenvalue weighted by atomic mass is 10.1. The van der Waals surface area contributed by atoms with Gasteiger partial charge in [0.2, 0.25) is 10.0 Å². The molecule has 2 rings (SSSR count). The van der Waals surface area contributed by atoms with E-state index in [-0.39, 0.29) is 0 Å². The highest BCUT2D eigenvalue weighted by molar-refractivity contribution is 7.89. The molecule has 0 aliphatic rings. The van der Waals surface area contributed by atoms with Crippen molar-refractivity contribution in [2.45, 2.75) is 24.8 Å². The number of hydrogen-bond donors (Lipinski definition) is 1. The maximum atomic E-state index is 12.7. The van der Waals surface area contributed by atoms with Crippen molar-refractivity contribution in [2.24, 2.45) is 0 Å². The molecule has 0 saturated heterocycles. The van der Waals surface area contributed by atoms with Crippen LogP contribution in [0.3, 0.4) is 0 Å². The largest absolute Gasteiger partial charge is 0.399 e. The average molecular weight is 310 g/mol. The van der Waals surface area contributed by atoms with Crippen LogP contribution < -0.4 is 5.73 Å². The van der Waals surface area contributed by atoms with Crippen molar-refractivity contribution in [2.75, 3.05) is 12.8 Å². The molecule has 4 nitrogen and oxygen atoms in total. The predicted molar refractivity (Wildman–Crippen MR) is 83.2 cm³/mol. The van der Waals surface area contributed by atoms with Crippen molar-refractivity contribution in [1.29, 1.82) is 0 Å². The molecule has 0 radical (unpaired) electrons. The van der Waals surface area contributed by atoms with Crippen molar-refractivity contribution in [3.63, 3.8) is 0 Å². The van der Waals surface area contributed by atoms with E-state index in [1.807, 2.05) is 23.8 Å². The van der Waals surface area contributed by atoms with Gasteiger partial charge in [-0.2, -0.15) is 15.6 Å². The zero-order chi connectivity index (χ0) is 14.8. The highest BCUT2D eigenvalue weighted by atomic mass is 32.2. The van der Waals surface area contributed by atoms with Crippen LogP contribution in [-0.2, 0) is 23.0 Å². The summed E-state index contributed by atoms with van der Waals surface area (Å²) in [6.07, 6.45) is 0.654. The third kappa shape index (κ3) is 3.03. The Hall–Kier alpha value is -1.37. The number of nitrogens with two attached hydrogens (primary N) is 1. The lowest BCUT2D eigenvalue weighted by Gasteiger charge is -2.19. The Morgan fingerprint density at radius 2 is 2.05 bits per heavy atom. The molecule has 20 heavy (non-hydrogen) atoms. The highest BCUT2D eigenvalue weighted by Crippen LogP contribution is 2.24. The number of aryl methyl sites for hydroxylation is 1. The molecule has 0 spiro atoms. The molecule has 1 aromatic carbocycles.